The van der Waals surface area contributed by atoms with Crippen molar-refractivity contribution in [1.82, 2.24) is 0 Å². The van der Waals surface area contributed by atoms with E-state index in [0.717, 1.165) is 52.1 Å². The SMILES string of the molecule is COS(=O)(=O)OC1CCC2(C)C(=CCC3C4CCC(=O)C4(C)CCC32)C1. The van der Waals surface area contributed by atoms with Crippen LogP contribution in [-0.2, 0) is 23.6 Å². The largest absolute Gasteiger partial charge is 0.399 e. The van der Waals surface area contributed by atoms with E-state index in [-0.39, 0.29) is 16.9 Å². The van der Waals surface area contributed by atoms with Crippen LogP contribution in [0.3, 0.4) is 0 Å². The van der Waals surface area contributed by atoms with E-state index >= 15 is 0 Å². The van der Waals surface area contributed by atoms with Crippen LogP contribution in [0.4, 0.5) is 0 Å². The Balaban J connectivity index is 1.57. The predicted molar refractivity (Wildman–Crippen MR) is 97.5 cm³/mol. The maximum Gasteiger partial charge on any atom is 0.399 e. The molecular formula is C20H30O5S. The van der Waals surface area contributed by atoms with Crippen LogP contribution in [0.5, 0.6) is 0 Å². The number of carbonyl (C=O) groups is 1. The van der Waals surface area contributed by atoms with Crippen molar-refractivity contribution in [3.05, 3.63) is 11.6 Å². The Morgan fingerprint density at radius 3 is 2.50 bits per heavy atom. The topological polar surface area (TPSA) is 69.7 Å². The van der Waals surface area contributed by atoms with E-state index in [1.807, 2.05) is 0 Å². The van der Waals surface area contributed by atoms with Crippen molar-refractivity contribution in [3.8, 4) is 0 Å². The Bertz CT molecular complexity index is 741. The van der Waals surface area contributed by atoms with Gasteiger partial charge < -0.3 is 0 Å². The molecule has 0 radical (unpaired) electrons. The molecule has 0 heterocycles. The molecule has 6 atom stereocenters. The lowest BCUT2D eigenvalue weighted by molar-refractivity contribution is -0.131. The number of ketones is 1. The van der Waals surface area contributed by atoms with E-state index in [4.69, 9.17) is 4.18 Å². The van der Waals surface area contributed by atoms with Gasteiger partial charge in [0.25, 0.3) is 0 Å². The predicted octanol–water partition coefficient (Wildman–Crippen LogP) is 3.79. The van der Waals surface area contributed by atoms with Crippen LogP contribution < -0.4 is 0 Å². The molecule has 5 nitrogen and oxygen atoms in total. The molecule has 0 aromatic rings. The monoisotopic (exact) mass is 382 g/mol. The number of allylic oxidation sites excluding steroid dienone is 1. The normalized spacial score (nSPS) is 45.5. The van der Waals surface area contributed by atoms with Crippen LogP contribution in [0, 0.1) is 28.6 Å². The second-order valence-electron chi connectivity index (χ2n) is 9.21. The van der Waals surface area contributed by atoms with E-state index in [0.29, 0.717) is 30.0 Å². The molecule has 0 spiro atoms. The minimum absolute atomic E-state index is 0.101. The van der Waals surface area contributed by atoms with Gasteiger partial charge in [0.05, 0.1) is 13.2 Å². The van der Waals surface area contributed by atoms with E-state index in [1.54, 1.807) is 0 Å². The zero-order chi connectivity index (χ0) is 18.7. The summed E-state index contributed by atoms with van der Waals surface area (Å²) in [6.07, 6.45) is 9.31. The van der Waals surface area contributed by atoms with Gasteiger partial charge in [0.1, 0.15) is 5.78 Å². The van der Waals surface area contributed by atoms with Gasteiger partial charge >= 0.3 is 10.4 Å². The van der Waals surface area contributed by atoms with Gasteiger partial charge in [-0.25, -0.2) is 4.18 Å². The minimum atomic E-state index is -3.89. The van der Waals surface area contributed by atoms with Crippen LogP contribution in [0.15, 0.2) is 11.6 Å². The molecule has 0 aromatic carbocycles. The Morgan fingerprint density at radius 1 is 1.08 bits per heavy atom. The van der Waals surface area contributed by atoms with Crippen LogP contribution in [0.1, 0.15) is 65.2 Å². The first-order chi connectivity index (χ1) is 12.2. The Labute approximate surface area is 156 Å². The van der Waals surface area contributed by atoms with Crippen molar-refractivity contribution < 1.29 is 21.6 Å². The minimum Gasteiger partial charge on any atom is -0.299 e. The van der Waals surface area contributed by atoms with Gasteiger partial charge in [-0.05, 0) is 68.1 Å². The second kappa shape index (κ2) is 6.14. The van der Waals surface area contributed by atoms with Crippen LogP contribution >= 0.6 is 0 Å². The van der Waals surface area contributed by atoms with E-state index < -0.39 is 10.4 Å². The first-order valence-electron chi connectivity index (χ1n) is 9.91. The van der Waals surface area contributed by atoms with Crippen molar-refractivity contribution >= 4 is 16.2 Å². The lowest BCUT2D eigenvalue weighted by Gasteiger charge is -2.56. The maximum atomic E-state index is 12.5. The van der Waals surface area contributed by atoms with E-state index in [2.05, 4.69) is 24.1 Å². The van der Waals surface area contributed by atoms with Gasteiger partial charge in [0, 0.05) is 11.8 Å². The van der Waals surface area contributed by atoms with Crippen molar-refractivity contribution in [2.24, 2.45) is 28.6 Å². The Kier molecular flexibility index (Phi) is 4.40. The van der Waals surface area contributed by atoms with Crippen molar-refractivity contribution in [3.63, 3.8) is 0 Å². The van der Waals surface area contributed by atoms with Gasteiger partial charge in [-0.15, -0.1) is 0 Å². The fraction of sp³-hybridized carbons (Fsp3) is 0.850. The van der Waals surface area contributed by atoms with Crippen molar-refractivity contribution in [1.29, 1.82) is 0 Å². The lowest BCUT2D eigenvalue weighted by atomic mass is 9.48. The zero-order valence-electron chi connectivity index (χ0n) is 16.0. The summed E-state index contributed by atoms with van der Waals surface area (Å²) >= 11 is 0. The highest BCUT2D eigenvalue weighted by Gasteiger charge is 2.58. The summed E-state index contributed by atoms with van der Waals surface area (Å²) in [5, 5.41) is 0. The molecule has 4 rings (SSSR count). The highest BCUT2D eigenvalue weighted by Crippen LogP contribution is 2.64. The molecule has 0 N–H and O–H groups in total. The van der Waals surface area contributed by atoms with Crippen molar-refractivity contribution in [2.45, 2.75) is 71.3 Å². The quantitative estimate of drug-likeness (QED) is 0.695. The number of Topliss-reactive ketones (excluding diaryl/α,β-unsaturated/α-hetero) is 1. The van der Waals surface area contributed by atoms with E-state index in [9.17, 15) is 13.2 Å². The van der Waals surface area contributed by atoms with Crippen molar-refractivity contribution in [2.75, 3.05) is 7.11 Å². The standard InChI is InChI=1S/C20H30O5S/c1-19-10-8-14(25-26(22,23)24-3)12-13(19)4-5-15-16-6-7-18(21)20(16,2)11-9-17(15)19/h4,14-17H,5-12H2,1-3H3. The second-order valence-corrected chi connectivity index (χ2v) is 10.6. The third kappa shape index (κ3) is 2.71. The smallest absolute Gasteiger partial charge is 0.299 e. The molecule has 26 heavy (non-hydrogen) atoms. The maximum absolute atomic E-state index is 12.5. The zero-order valence-corrected chi connectivity index (χ0v) is 16.8. The molecule has 0 aromatic heterocycles. The third-order valence-corrected chi connectivity index (χ3v) is 9.14. The van der Waals surface area contributed by atoms with Gasteiger partial charge in [0.15, 0.2) is 0 Å². The molecule has 4 aliphatic carbocycles. The molecule has 0 bridgehead atoms. The van der Waals surface area contributed by atoms with Crippen LogP contribution in [0.2, 0.25) is 0 Å². The number of fused-ring (bicyclic) bond motifs is 5. The molecule has 6 unspecified atom stereocenters. The summed E-state index contributed by atoms with van der Waals surface area (Å²) in [7, 11) is -2.76. The molecule has 4 aliphatic rings. The fourth-order valence-electron chi connectivity index (χ4n) is 6.69. The van der Waals surface area contributed by atoms with E-state index in [1.165, 1.54) is 5.57 Å². The number of carbonyl (C=O) groups excluding carboxylic acids is 1. The number of hydrogen-bond acceptors (Lipinski definition) is 5. The molecule has 0 amide bonds. The first-order valence-corrected chi connectivity index (χ1v) is 11.2. The van der Waals surface area contributed by atoms with Gasteiger partial charge in [-0.3, -0.25) is 8.98 Å². The summed E-state index contributed by atoms with van der Waals surface area (Å²) in [4.78, 5) is 12.5. The lowest BCUT2D eigenvalue weighted by Crippen LogP contribution is -2.50. The summed E-state index contributed by atoms with van der Waals surface area (Å²) in [6, 6.07) is 0. The summed E-state index contributed by atoms with van der Waals surface area (Å²) < 4.78 is 32.9. The van der Waals surface area contributed by atoms with Crippen LogP contribution in [0.25, 0.3) is 0 Å². The highest BCUT2D eigenvalue weighted by atomic mass is 32.3. The van der Waals surface area contributed by atoms with Gasteiger partial charge in [-0.2, -0.15) is 8.42 Å². The average molecular weight is 383 g/mol. The molecule has 3 saturated carbocycles. The summed E-state index contributed by atoms with van der Waals surface area (Å²) in [6.45, 7) is 4.56. The summed E-state index contributed by atoms with van der Waals surface area (Å²) in [5.41, 5.74) is 1.37. The molecule has 3 fully saturated rings. The average Bonchev–Trinajstić information content (AvgIpc) is 2.90. The van der Waals surface area contributed by atoms with Gasteiger partial charge in [0.2, 0.25) is 0 Å². The van der Waals surface area contributed by atoms with Crippen LogP contribution in [-0.4, -0.2) is 27.4 Å². The number of hydrogen-bond donors (Lipinski definition) is 0. The molecular weight excluding hydrogens is 352 g/mol. The highest BCUT2D eigenvalue weighted by molar-refractivity contribution is 7.81. The Hall–Kier alpha value is -0.720. The first kappa shape index (κ1) is 18.6. The fourth-order valence-corrected chi connectivity index (χ4v) is 7.26. The molecule has 0 saturated heterocycles. The third-order valence-electron chi connectivity index (χ3n) is 8.23. The summed E-state index contributed by atoms with van der Waals surface area (Å²) in [5.74, 6) is 2.19. The Morgan fingerprint density at radius 2 is 1.77 bits per heavy atom. The molecule has 0 aliphatic heterocycles. The van der Waals surface area contributed by atoms with Gasteiger partial charge in [-0.1, -0.05) is 25.5 Å². The molecule has 146 valence electrons. The number of rotatable bonds is 3. The molecule has 6 heteroatoms.